The van der Waals surface area contributed by atoms with E-state index in [1.165, 1.54) is 0 Å². The maximum atomic E-state index is 8.46. The fraction of sp³-hybridized carbons (Fsp3) is 0.889. The lowest BCUT2D eigenvalue weighted by molar-refractivity contribution is -0.00653. The third-order valence-corrected chi connectivity index (χ3v) is 1.31. The van der Waals surface area contributed by atoms with E-state index in [0.29, 0.717) is 6.61 Å². The first-order valence-corrected chi connectivity index (χ1v) is 3.99. The molecule has 0 N–H and O–H groups in total. The molecule has 0 fully saturated rings. The van der Waals surface area contributed by atoms with Gasteiger partial charge in [-0.25, -0.2) is 0 Å². The van der Waals surface area contributed by atoms with Crippen molar-refractivity contribution in [2.75, 3.05) is 6.61 Å². The Kier molecular flexibility index (Phi) is 4.14. The molecule has 2 heteroatoms. The summed E-state index contributed by atoms with van der Waals surface area (Å²) in [6.45, 7) is 8.64. The summed E-state index contributed by atoms with van der Waals surface area (Å²) in [6.07, 6.45) is 0.827. The van der Waals surface area contributed by atoms with Gasteiger partial charge in [0.05, 0.1) is 11.7 Å². The molecule has 0 aromatic carbocycles. The van der Waals surface area contributed by atoms with Gasteiger partial charge in [0.1, 0.15) is 0 Å². The highest BCUT2D eigenvalue weighted by molar-refractivity contribution is 4.78. The molecule has 0 saturated heterocycles. The number of hydrogen-bond donors (Lipinski definition) is 0. The highest BCUT2D eigenvalue weighted by Crippen LogP contribution is 2.09. The molecule has 0 aliphatic heterocycles. The third-order valence-electron chi connectivity index (χ3n) is 1.31. The van der Waals surface area contributed by atoms with Crippen molar-refractivity contribution in [3.63, 3.8) is 0 Å². The minimum absolute atomic E-state index is 0.0742. The van der Waals surface area contributed by atoms with Crippen LogP contribution in [0.3, 0.4) is 0 Å². The van der Waals surface area contributed by atoms with Crippen LogP contribution in [0.15, 0.2) is 0 Å². The molecule has 0 aromatic rings. The van der Waals surface area contributed by atoms with Crippen LogP contribution in [0.5, 0.6) is 0 Å². The molecular formula is C9H17NO. The van der Waals surface area contributed by atoms with Crippen LogP contribution in [0.4, 0.5) is 0 Å². The average Bonchev–Trinajstić information content (AvgIpc) is 1.85. The Morgan fingerprint density at radius 1 is 1.45 bits per heavy atom. The van der Waals surface area contributed by atoms with Crippen LogP contribution in [0, 0.1) is 17.2 Å². The summed E-state index contributed by atoms with van der Waals surface area (Å²) in [6, 6.07) is 2.17. The van der Waals surface area contributed by atoms with Crippen LogP contribution in [-0.2, 0) is 4.74 Å². The van der Waals surface area contributed by atoms with Gasteiger partial charge in [0.2, 0.25) is 0 Å². The van der Waals surface area contributed by atoms with E-state index < -0.39 is 0 Å². The molecule has 0 amide bonds. The van der Waals surface area contributed by atoms with E-state index in [1.807, 2.05) is 27.7 Å². The summed E-state index contributed by atoms with van der Waals surface area (Å²) >= 11 is 0. The summed E-state index contributed by atoms with van der Waals surface area (Å²) < 4.78 is 5.45. The Morgan fingerprint density at radius 3 is 2.36 bits per heavy atom. The fourth-order valence-corrected chi connectivity index (χ4v) is 0.606. The highest BCUT2D eigenvalue weighted by atomic mass is 16.5. The zero-order valence-electron chi connectivity index (χ0n) is 7.85. The molecular weight excluding hydrogens is 138 g/mol. The quantitative estimate of drug-likeness (QED) is 0.626. The van der Waals surface area contributed by atoms with Crippen molar-refractivity contribution >= 4 is 0 Å². The molecule has 0 aromatic heterocycles. The van der Waals surface area contributed by atoms with Crippen molar-refractivity contribution in [3.8, 4) is 6.07 Å². The molecule has 0 rings (SSSR count). The van der Waals surface area contributed by atoms with Gasteiger partial charge in [0.15, 0.2) is 0 Å². The number of nitriles is 1. The molecule has 0 bridgehead atoms. The van der Waals surface area contributed by atoms with E-state index in [-0.39, 0.29) is 11.5 Å². The molecule has 0 unspecified atom stereocenters. The Balaban J connectivity index is 3.37. The molecule has 64 valence electrons. The second kappa shape index (κ2) is 4.35. The lowest BCUT2D eigenvalue weighted by Crippen LogP contribution is -2.20. The van der Waals surface area contributed by atoms with Crippen molar-refractivity contribution in [3.05, 3.63) is 0 Å². The van der Waals surface area contributed by atoms with Crippen LogP contribution in [0.25, 0.3) is 0 Å². The second-order valence-electron chi connectivity index (χ2n) is 3.78. The van der Waals surface area contributed by atoms with Gasteiger partial charge in [-0.1, -0.05) is 0 Å². The lowest BCUT2D eigenvalue weighted by atomic mass is 10.1. The summed E-state index contributed by atoms with van der Waals surface area (Å²) in [5.41, 5.74) is -0.0742. The first-order valence-electron chi connectivity index (χ1n) is 3.99. The smallest absolute Gasteiger partial charge is 0.0653 e. The minimum Gasteiger partial charge on any atom is -0.376 e. The molecule has 0 radical (unpaired) electrons. The largest absolute Gasteiger partial charge is 0.376 e. The molecule has 11 heavy (non-hydrogen) atoms. The predicted molar refractivity (Wildman–Crippen MR) is 45.1 cm³/mol. The Labute approximate surface area is 69.2 Å². The molecule has 0 aliphatic rings. The summed E-state index contributed by atoms with van der Waals surface area (Å²) in [5.74, 6) is 0.109. The second-order valence-corrected chi connectivity index (χ2v) is 3.78. The van der Waals surface area contributed by atoms with Crippen LogP contribution in [0.2, 0.25) is 0 Å². The van der Waals surface area contributed by atoms with Gasteiger partial charge in [-0.05, 0) is 34.1 Å². The number of hydrogen-bond acceptors (Lipinski definition) is 2. The van der Waals surface area contributed by atoms with Gasteiger partial charge in [-0.2, -0.15) is 5.26 Å². The summed E-state index contributed by atoms with van der Waals surface area (Å²) in [7, 11) is 0. The third kappa shape index (κ3) is 7.35. The Morgan fingerprint density at radius 2 is 2.00 bits per heavy atom. The van der Waals surface area contributed by atoms with E-state index in [2.05, 4.69) is 6.07 Å². The first kappa shape index (κ1) is 10.4. The van der Waals surface area contributed by atoms with Crippen molar-refractivity contribution in [1.82, 2.24) is 0 Å². The van der Waals surface area contributed by atoms with Crippen molar-refractivity contribution in [2.24, 2.45) is 5.92 Å². The Bertz CT molecular complexity index is 141. The number of nitrogens with zero attached hydrogens (tertiary/aromatic N) is 1. The van der Waals surface area contributed by atoms with Crippen molar-refractivity contribution in [2.45, 2.75) is 39.7 Å². The lowest BCUT2D eigenvalue weighted by Gasteiger charge is -2.19. The van der Waals surface area contributed by atoms with E-state index in [1.54, 1.807) is 0 Å². The van der Waals surface area contributed by atoms with Crippen LogP contribution >= 0.6 is 0 Å². The van der Waals surface area contributed by atoms with Gasteiger partial charge < -0.3 is 4.74 Å². The maximum absolute atomic E-state index is 8.46. The molecule has 0 heterocycles. The minimum atomic E-state index is -0.0742. The zero-order valence-corrected chi connectivity index (χ0v) is 7.85. The molecule has 0 aliphatic carbocycles. The van der Waals surface area contributed by atoms with Crippen molar-refractivity contribution < 1.29 is 4.74 Å². The van der Waals surface area contributed by atoms with Crippen LogP contribution in [-0.4, -0.2) is 12.2 Å². The first-order chi connectivity index (χ1) is 4.95. The van der Waals surface area contributed by atoms with Gasteiger partial charge >= 0.3 is 0 Å². The van der Waals surface area contributed by atoms with Gasteiger partial charge in [-0.3, -0.25) is 0 Å². The molecule has 0 spiro atoms. The zero-order chi connectivity index (χ0) is 8.91. The molecule has 1 atom stereocenters. The van der Waals surface area contributed by atoms with E-state index in [0.717, 1.165) is 6.42 Å². The maximum Gasteiger partial charge on any atom is 0.0653 e. The fourth-order valence-electron chi connectivity index (χ4n) is 0.606. The van der Waals surface area contributed by atoms with Gasteiger partial charge in [0, 0.05) is 12.5 Å². The van der Waals surface area contributed by atoms with Crippen molar-refractivity contribution in [1.29, 1.82) is 5.26 Å². The summed E-state index contributed by atoms with van der Waals surface area (Å²) in [5, 5.41) is 8.46. The average molecular weight is 155 g/mol. The van der Waals surface area contributed by atoms with E-state index >= 15 is 0 Å². The van der Waals surface area contributed by atoms with E-state index in [4.69, 9.17) is 10.00 Å². The Hall–Kier alpha value is -0.550. The number of rotatable bonds is 3. The predicted octanol–water partition coefficient (Wildman–Crippen LogP) is 2.35. The topological polar surface area (TPSA) is 33.0 Å². The molecule has 0 saturated carbocycles. The summed E-state index contributed by atoms with van der Waals surface area (Å²) in [4.78, 5) is 0. The van der Waals surface area contributed by atoms with Crippen LogP contribution < -0.4 is 0 Å². The van der Waals surface area contributed by atoms with Crippen LogP contribution in [0.1, 0.15) is 34.1 Å². The normalized spacial score (nSPS) is 14.1. The van der Waals surface area contributed by atoms with E-state index in [9.17, 15) is 0 Å². The highest BCUT2D eigenvalue weighted by Gasteiger charge is 2.10. The van der Waals surface area contributed by atoms with Gasteiger partial charge in [-0.15, -0.1) is 0 Å². The standard InChI is InChI=1S/C9H17NO/c1-8(7-10)5-6-11-9(2,3)4/h8H,5-6H2,1-4H3/t8-/m1/s1. The molecule has 2 nitrogen and oxygen atoms in total. The SMILES string of the molecule is C[C@@H](C#N)CCOC(C)(C)C. The number of ether oxygens (including phenoxy) is 1. The van der Waals surface area contributed by atoms with Gasteiger partial charge in [0.25, 0.3) is 0 Å². The monoisotopic (exact) mass is 155 g/mol.